The van der Waals surface area contributed by atoms with E-state index < -0.39 is 9.84 Å². The first-order chi connectivity index (χ1) is 7.01. The average Bonchev–Trinajstić information content (AvgIpc) is 2.17. The van der Waals surface area contributed by atoms with Crippen LogP contribution in [0.2, 0.25) is 0 Å². The molecular weight excluding hydrogens is 236 g/mol. The van der Waals surface area contributed by atoms with E-state index in [1.807, 2.05) is 12.1 Å². The molecule has 0 aliphatic rings. The first-order valence-electron chi connectivity index (χ1n) is 4.47. The summed E-state index contributed by atoms with van der Waals surface area (Å²) in [6.45, 7) is 0.180. The molecule has 0 heterocycles. The van der Waals surface area contributed by atoms with Crippen LogP contribution in [0.25, 0.3) is 0 Å². The highest BCUT2D eigenvalue weighted by atomic mass is 35.5. The third-order valence-corrected chi connectivity index (χ3v) is 3.02. The first kappa shape index (κ1) is 12.3. The van der Waals surface area contributed by atoms with Gasteiger partial charge in [0.15, 0.2) is 9.84 Å². The quantitative estimate of drug-likeness (QED) is 0.747. The van der Waals surface area contributed by atoms with Crippen LogP contribution in [0.15, 0.2) is 24.3 Å². The van der Waals surface area contributed by atoms with Gasteiger partial charge in [0.05, 0.1) is 5.75 Å². The summed E-state index contributed by atoms with van der Waals surface area (Å²) in [6.07, 6.45) is 1.19. The molecule has 84 valence electrons. The van der Waals surface area contributed by atoms with Gasteiger partial charge in [-0.05, 0) is 17.7 Å². The monoisotopic (exact) mass is 248 g/mol. The van der Waals surface area contributed by atoms with Crippen molar-refractivity contribution >= 4 is 21.4 Å². The van der Waals surface area contributed by atoms with Crippen molar-refractivity contribution in [2.75, 3.05) is 18.6 Å². The molecular formula is C10H13ClO3S. The molecule has 3 nitrogen and oxygen atoms in total. The average molecular weight is 249 g/mol. The lowest BCUT2D eigenvalue weighted by molar-refractivity contribution is 0.341. The smallest absolute Gasteiger partial charge is 0.150 e. The molecule has 15 heavy (non-hydrogen) atoms. The third-order valence-electron chi connectivity index (χ3n) is 1.80. The molecule has 0 fully saturated rings. The summed E-state index contributed by atoms with van der Waals surface area (Å²) in [5.41, 5.74) is 1.01. The van der Waals surface area contributed by atoms with Crippen molar-refractivity contribution < 1.29 is 13.2 Å². The Labute approximate surface area is 94.9 Å². The first-order valence-corrected chi connectivity index (χ1v) is 7.06. The van der Waals surface area contributed by atoms with E-state index in [0.29, 0.717) is 11.6 Å². The van der Waals surface area contributed by atoms with Crippen molar-refractivity contribution in [2.24, 2.45) is 0 Å². The topological polar surface area (TPSA) is 43.4 Å². The minimum atomic E-state index is -2.95. The van der Waals surface area contributed by atoms with Crippen LogP contribution >= 0.6 is 11.6 Å². The Morgan fingerprint density at radius 2 is 1.87 bits per heavy atom. The van der Waals surface area contributed by atoms with Crippen LogP contribution < -0.4 is 4.74 Å². The molecule has 1 rings (SSSR count). The van der Waals surface area contributed by atoms with Gasteiger partial charge in [0.25, 0.3) is 0 Å². The minimum Gasteiger partial charge on any atom is -0.493 e. The van der Waals surface area contributed by atoms with Gasteiger partial charge in [-0.25, -0.2) is 8.42 Å². The summed E-state index contributed by atoms with van der Waals surface area (Å²) in [5, 5.41) is 0. The van der Waals surface area contributed by atoms with Gasteiger partial charge in [-0.1, -0.05) is 12.1 Å². The number of hydrogen-bond donors (Lipinski definition) is 0. The summed E-state index contributed by atoms with van der Waals surface area (Å²) in [6, 6.07) is 7.26. The molecule has 0 bridgehead atoms. The molecule has 0 amide bonds. The van der Waals surface area contributed by atoms with Crippen LogP contribution in [0.5, 0.6) is 5.75 Å². The largest absolute Gasteiger partial charge is 0.493 e. The number of benzene rings is 1. The second kappa shape index (κ2) is 5.37. The lowest BCUT2D eigenvalue weighted by atomic mass is 10.2. The molecule has 0 unspecified atom stereocenters. The Morgan fingerprint density at radius 1 is 1.27 bits per heavy atom. The molecule has 0 aromatic heterocycles. The molecule has 0 aliphatic carbocycles. The number of hydrogen-bond acceptors (Lipinski definition) is 3. The fourth-order valence-electron chi connectivity index (χ4n) is 0.986. The molecule has 0 aliphatic heterocycles. The number of sulfone groups is 1. The second-order valence-electron chi connectivity index (χ2n) is 3.26. The van der Waals surface area contributed by atoms with Crippen LogP contribution in [-0.4, -0.2) is 27.0 Å². The van der Waals surface area contributed by atoms with Gasteiger partial charge >= 0.3 is 0 Å². The van der Waals surface area contributed by atoms with Gasteiger partial charge in [0, 0.05) is 12.1 Å². The summed E-state index contributed by atoms with van der Waals surface area (Å²) >= 11 is 5.62. The van der Waals surface area contributed by atoms with Gasteiger partial charge in [0.1, 0.15) is 12.4 Å². The van der Waals surface area contributed by atoms with Crippen molar-refractivity contribution in [1.82, 2.24) is 0 Å². The Hall–Kier alpha value is -0.740. The predicted octanol–water partition coefficient (Wildman–Crippen LogP) is 1.85. The van der Waals surface area contributed by atoms with Crippen molar-refractivity contribution in [2.45, 2.75) is 5.88 Å². The standard InChI is InChI=1S/C10H13ClO3S/c1-15(12,13)7-6-14-10-4-2-9(8-11)3-5-10/h2-5H,6-8H2,1H3. The third kappa shape index (κ3) is 5.04. The van der Waals surface area contributed by atoms with Gasteiger partial charge < -0.3 is 4.74 Å². The van der Waals surface area contributed by atoms with Gasteiger partial charge in [-0.15, -0.1) is 11.6 Å². The van der Waals surface area contributed by atoms with E-state index in [4.69, 9.17) is 16.3 Å². The van der Waals surface area contributed by atoms with E-state index >= 15 is 0 Å². The Balaban J connectivity index is 2.45. The van der Waals surface area contributed by atoms with Crippen LogP contribution in [0.1, 0.15) is 5.56 Å². The molecule has 0 radical (unpaired) electrons. The van der Waals surface area contributed by atoms with Crippen LogP contribution in [0.4, 0.5) is 0 Å². The van der Waals surface area contributed by atoms with E-state index in [9.17, 15) is 8.42 Å². The zero-order valence-corrected chi connectivity index (χ0v) is 10.0. The Bertz CT molecular complexity index is 397. The summed E-state index contributed by atoms with van der Waals surface area (Å²) in [5.74, 6) is 1.15. The maximum Gasteiger partial charge on any atom is 0.150 e. The SMILES string of the molecule is CS(=O)(=O)CCOc1ccc(CCl)cc1. The van der Waals surface area contributed by atoms with Crippen LogP contribution in [0, 0.1) is 0 Å². The van der Waals surface area contributed by atoms with Crippen LogP contribution in [0.3, 0.4) is 0 Å². The van der Waals surface area contributed by atoms with Gasteiger partial charge in [-0.2, -0.15) is 0 Å². The lowest BCUT2D eigenvalue weighted by Gasteiger charge is -2.05. The Kier molecular flexibility index (Phi) is 4.42. The van der Waals surface area contributed by atoms with E-state index in [1.54, 1.807) is 12.1 Å². The van der Waals surface area contributed by atoms with Gasteiger partial charge in [-0.3, -0.25) is 0 Å². The molecule has 0 atom stereocenters. The molecule has 0 N–H and O–H groups in total. The highest BCUT2D eigenvalue weighted by Crippen LogP contribution is 2.13. The number of halogens is 1. The minimum absolute atomic E-state index is 0.0320. The number of rotatable bonds is 5. The highest BCUT2D eigenvalue weighted by Gasteiger charge is 2.02. The number of ether oxygens (including phenoxy) is 1. The molecule has 0 spiro atoms. The van der Waals surface area contributed by atoms with Crippen LogP contribution in [-0.2, 0) is 15.7 Å². The fraction of sp³-hybridized carbons (Fsp3) is 0.400. The zero-order chi connectivity index (χ0) is 11.3. The zero-order valence-electron chi connectivity index (χ0n) is 8.44. The molecule has 5 heteroatoms. The predicted molar refractivity (Wildman–Crippen MR) is 61.2 cm³/mol. The Morgan fingerprint density at radius 3 is 2.33 bits per heavy atom. The van der Waals surface area contributed by atoms with Crippen molar-refractivity contribution in [3.05, 3.63) is 29.8 Å². The van der Waals surface area contributed by atoms with Gasteiger partial charge in [0.2, 0.25) is 0 Å². The maximum atomic E-state index is 10.8. The fourth-order valence-corrected chi connectivity index (χ4v) is 1.55. The molecule has 0 saturated carbocycles. The van der Waals surface area contributed by atoms with Crippen molar-refractivity contribution in [3.63, 3.8) is 0 Å². The van der Waals surface area contributed by atoms with E-state index in [-0.39, 0.29) is 12.4 Å². The molecule has 1 aromatic carbocycles. The molecule has 0 saturated heterocycles. The molecule has 1 aromatic rings. The normalized spacial score (nSPS) is 11.3. The van der Waals surface area contributed by atoms with E-state index in [2.05, 4.69) is 0 Å². The second-order valence-corrected chi connectivity index (χ2v) is 5.78. The number of alkyl halides is 1. The summed E-state index contributed by atoms with van der Waals surface area (Å²) in [4.78, 5) is 0. The van der Waals surface area contributed by atoms with E-state index in [0.717, 1.165) is 5.56 Å². The van der Waals surface area contributed by atoms with Crippen molar-refractivity contribution in [1.29, 1.82) is 0 Å². The lowest BCUT2D eigenvalue weighted by Crippen LogP contribution is -2.11. The van der Waals surface area contributed by atoms with Crippen molar-refractivity contribution in [3.8, 4) is 5.75 Å². The summed E-state index contributed by atoms with van der Waals surface area (Å²) in [7, 11) is -2.95. The maximum absolute atomic E-state index is 10.8. The summed E-state index contributed by atoms with van der Waals surface area (Å²) < 4.78 is 26.9. The van der Waals surface area contributed by atoms with E-state index in [1.165, 1.54) is 6.26 Å². The highest BCUT2D eigenvalue weighted by molar-refractivity contribution is 7.90.